The fourth-order valence-electron chi connectivity index (χ4n) is 2.14. The van der Waals surface area contributed by atoms with Crippen LogP contribution in [0.3, 0.4) is 0 Å². The van der Waals surface area contributed by atoms with Gasteiger partial charge < -0.3 is 0 Å². The van der Waals surface area contributed by atoms with Crippen molar-refractivity contribution in [2.75, 3.05) is 0 Å². The highest BCUT2D eigenvalue weighted by molar-refractivity contribution is 5.98. The van der Waals surface area contributed by atoms with Gasteiger partial charge in [-0.15, -0.1) is 0 Å². The van der Waals surface area contributed by atoms with Crippen LogP contribution in [0.4, 0.5) is 0 Å². The van der Waals surface area contributed by atoms with Crippen LogP contribution in [0.15, 0.2) is 50.6 Å². The predicted octanol–water partition coefficient (Wildman–Crippen LogP) is 2.55. The molecule has 0 amide bonds. The van der Waals surface area contributed by atoms with Crippen LogP contribution in [-0.4, -0.2) is 23.1 Å². The Kier molecular flexibility index (Phi) is 7.76. The van der Waals surface area contributed by atoms with Crippen LogP contribution in [0.25, 0.3) is 0 Å². The SMILES string of the molecule is C=CC(=O)CC(CC(=O)C=C)(CC(=O)C=C)CC(=O)C=C. The van der Waals surface area contributed by atoms with Gasteiger partial charge in [-0.25, -0.2) is 0 Å². The second-order valence-corrected chi connectivity index (χ2v) is 4.89. The summed E-state index contributed by atoms with van der Waals surface area (Å²) in [4.78, 5) is 46.8. The van der Waals surface area contributed by atoms with Crippen LogP contribution < -0.4 is 0 Å². The fourth-order valence-corrected chi connectivity index (χ4v) is 2.14. The third-order valence-corrected chi connectivity index (χ3v) is 3.11. The molecule has 0 aliphatic rings. The quantitative estimate of drug-likeness (QED) is 0.517. The van der Waals surface area contributed by atoms with Crippen LogP contribution in [0.5, 0.6) is 0 Å². The van der Waals surface area contributed by atoms with Gasteiger partial charge in [-0.3, -0.25) is 19.2 Å². The van der Waals surface area contributed by atoms with Gasteiger partial charge in [0.2, 0.25) is 0 Å². The van der Waals surface area contributed by atoms with E-state index < -0.39 is 5.41 Å². The van der Waals surface area contributed by atoms with Crippen LogP contribution in [0.1, 0.15) is 25.7 Å². The molecule has 0 bridgehead atoms. The summed E-state index contributed by atoms with van der Waals surface area (Å²) in [6, 6.07) is 0. The van der Waals surface area contributed by atoms with Crippen molar-refractivity contribution in [1.82, 2.24) is 0 Å². The highest BCUT2D eigenvalue weighted by Gasteiger charge is 2.37. The molecule has 0 aromatic carbocycles. The van der Waals surface area contributed by atoms with E-state index in [1.54, 1.807) is 0 Å². The van der Waals surface area contributed by atoms with E-state index in [1.165, 1.54) is 0 Å². The fraction of sp³-hybridized carbons (Fsp3) is 0.294. The summed E-state index contributed by atoms with van der Waals surface area (Å²) in [5.74, 6) is -1.33. The maximum atomic E-state index is 11.7. The van der Waals surface area contributed by atoms with Crippen molar-refractivity contribution in [1.29, 1.82) is 0 Å². The summed E-state index contributed by atoms with van der Waals surface area (Å²) in [7, 11) is 0. The van der Waals surface area contributed by atoms with Gasteiger partial charge in [0.15, 0.2) is 23.1 Å². The van der Waals surface area contributed by atoms with Crippen molar-refractivity contribution in [3.63, 3.8) is 0 Å². The Morgan fingerprint density at radius 2 is 0.762 bits per heavy atom. The first kappa shape index (κ1) is 18.6. The first-order chi connectivity index (χ1) is 9.82. The Bertz CT molecular complexity index is 403. The third-order valence-electron chi connectivity index (χ3n) is 3.11. The lowest BCUT2D eigenvalue weighted by Crippen LogP contribution is -2.31. The zero-order chi connectivity index (χ0) is 16.5. The molecule has 0 heterocycles. The van der Waals surface area contributed by atoms with Crippen LogP contribution in [0, 0.1) is 5.41 Å². The first-order valence-corrected chi connectivity index (χ1v) is 6.43. The Balaban J connectivity index is 5.63. The van der Waals surface area contributed by atoms with Gasteiger partial charge in [0.05, 0.1) is 0 Å². The molecule has 4 nitrogen and oxygen atoms in total. The minimum atomic E-state index is -1.09. The lowest BCUT2D eigenvalue weighted by Gasteiger charge is -2.30. The molecular formula is C17H20O4. The smallest absolute Gasteiger partial charge is 0.155 e. The number of hydrogen-bond donors (Lipinski definition) is 0. The molecule has 0 aromatic heterocycles. The van der Waals surface area contributed by atoms with Gasteiger partial charge in [-0.2, -0.15) is 0 Å². The standard InChI is InChI=1S/C17H20O4/c1-5-13(18)9-17(10-14(19)6-2,11-15(20)7-3)12-16(21)8-4/h5-8H,1-4,9-12H2. The van der Waals surface area contributed by atoms with E-state index in [4.69, 9.17) is 0 Å². The summed E-state index contributed by atoms with van der Waals surface area (Å²) in [5.41, 5.74) is -1.09. The van der Waals surface area contributed by atoms with E-state index >= 15 is 0 Å². The van der Waals surface area contributed by atoms with E-state index in [1.807, 2.05) is 0 Å². The van der Waals surface area contributed by atoms with Gasteiger partial charge in [-0.1, -0.05) is 26.3 Å². The lowest BCUT2D eigenvalue weighted by molar-refractivity contribution is -0.125. The van der Waals surface area contributed by atoms with Crippen molar-refractivity contribution in [3.8, 4) is 0 Å². The van der Waals surface area contributed by atoms with E-state index in [9.17, 15) is 19.2 Å². The van der Waals surface area contributed by atoms with Crippen LogP contribution in [0.2, 0.25) is 0 Å². The molecule has 112 valence electrons. The molecule has 21 heavy (non-hydrogen) atoms. The minimum absolute atomic E-state index is 0.116. The number of carbonyl (C=O) groups excluding carboxylic acids is 4. The van der Waals surface area contributed by atoms with Gasteiger partial charge in [-0.05, 0) is 29.7 Å². The van der Waals surface area contributed by atoms with Gasteiger partial charge in [0, 0.05) is 25.7 Å². The summed E-state index contributed by atoms with van der Waals surface area (Å²) >= 11 is 0. The first-order valence-electron chi connectivity index (χ1n) is 6.43. The van der Waals surface area contributed by atoms with E-state index in [-0.39, 0.29) is 48.8 Å². The van der Waals surface area contributed by atoms with Crippen molar-refractivity contribution < 1.29 is 19.2 Å². The zero-order valence-corrected chi connectivity index (χ0v) is 12.1. The zero-order valence-electron chi connectivity index (χ0n) is 12.1. The van der Waals surface area contributed by atoms with Crippen molar-refractivity contribution >= 4 is 23.1 Å². The average molecular weight is 288 g/mol. The number of hydrogen-bond acceptors (Lipinski definition) is 4. The molecular weight excluding hydrogens is 268 g/mol. The molecule has 0 rings (SSSR count). The molecule has 0 radical (unpaired) electrons. The Morgan fingerprint density at radius 1 is 0.571 bits per heavy atom. The van der Waals surface area contributed by atoms with E-state index in [2.05, 4.69) is 26.3 Å². The largest absolute Gasteiger partial charge is 0.295 e. The third kappa shape index (κ3) is 6.56. The van der Waals surface area contributed by atoms with Crippen molar-refractivity contribution in [3.05, 3.63) is 50.6 Å². The van der Waals surface area contributed by atoms with Gasteiger partial charge in [0.25, 0.3) is 0 Å². The van der Waals surface area contributed by atoms with Gasteiger partial charge >= 0.3 is 0 Å². The maximum absolute atomic E-state index is 11.7. The van der Waals surface area contributed by atoms with Crippen LogP contribution in [-0.2, 0) is 19.2 Å². The monoisotopic (exact) mass is 288 g/mol. The second-order valence-electron chi connectivity index (χ2n) is 4.89. The molecule has 0 atom stereocenters. The second kappa shape index (κ2) is 8.74. The van der Waals surface area contributed by atoms with Crippen molar-refractivity contribution in [2.24, 2.45) is 5.41 Å². The summed E-state index contributed by atoms with van der Waals surface area (Å²) < 4.78 is 0. The normalized spacial score (nSPS) is 10.3. The summed E-state index contributed by atoms with van der Waals surface area (Å²) in [6.45, 7) is 13.5. The molecule has 0 aliphatic heterocycles. The molecule has 0 unspecified atom stereocenters. The van der Waals surface area contributed by atoms with Crippen molar-refractivity contribution in [2.45, 2.75) is 25.7 Å². The Hall–Kier alpha value is -2.36. The number of rotatable bonds is 12. The topological polar surface area (TPSA) is 68.3 Å². The van der Waals surface area contributed by atoms with E-state index in [0.29, 0.717) is 0 Å². The van der Waals surface area contributed by atoms with Crippen LogP contribution >= 0.6 is 0 Å². The lowest BCUT2D eigenvalue weighted by atomic mass is 9.71. The van der Waals surface area contributed by atoms with Gasteiger partial charge in [0.1, 0.15) is 0 Å². The Morgan fingerprint density at radius 3 is 0.905 bits per heavy atom. The molecule has 4 heteroatoms. The van der Waals surface area contributed by atoms with E-state index in [0.717, 1.165) is 24.3 Å². The highest BCUT2D eigenvalue weighted by atomic mass is 16.1. The molecule has 0 N–H and O–H groups in total. The molecule has 0 aromatic rings. The number of allylic oxidation sites excluding steroid dienone is 4. The predicted molar refractivity (Wildman–Crippen MR) is 81.7 cm³/mol. The molecule has 0 saturated carbocycles. The molecule has 0 aliphatic carbocycles. The molecule has 0 spiro atoms. The minimum Gasteiger partial charge on any atom is -0.295 e. The summed E-state index contributed by atoms with van der Waals surface area (Å²) in [5, 5.41) is 0. The molecule has 0 fully saturated rings. The number of ketones is 4. The Labute approximate surface area is 124 Å². The maximum Gasteiger partial charge on any atom is 0.155 e. The average Bonchev–Trinajstić information content (AvgIpc) is 2.46. The molecule has 0 saturated heterocycles. The number of carbonyl (C=O) groups is 4. The highest BCUT2D eigenvalue weighted by Crippen LogP contribution is 2.37. The summed E-state index contributed by atoms with van der Waals surface area (Å²) in [6.07, 6.45) is 4.00.